The van der Waals surface area contributed by atoms with Gasteiger partial charge in [-0.15, -0.1) is 11.3 Å². The van der Waals surface area contributed by atoms with Gasteiger partial charge < -0.3 is 15.1 Å². The van der Waals surface area contributed by atoms with Crippen LogP contribution >= 0.6 is 11.3 Å². The third-order valence-electron chi connectivity index (χ3n) is 7.46. The van der Waals surface area contributed by atoms with Gasteiger partial charge in [0.1, 0.15) is 12.1 Å². The fourth-order valence-corrected chi connectivity index (χ4v) is 6.17. The summed E-state index contributed by atoms with van der Waals surface area (Å²) in [6, 6.07) is 12.9. The standard InChI is InChI=1S/C32H39N5O2S/c1-7-24(27-11-8-9-17-33-27)19-36(6)29(21(2)3)32(39)37-18-10-12-28(37)31(38)35-22(4)25-13-15-26(16-14-25)30-23(5)34-20-40-30/h7-9,11,13-17,19-22,28-29H,1,10,12,18H2,2-6H3,(H,35,38)/b24-19+/t22-,28-,29?/m0/s1. The van der Waals surface area contributed by atoms with E-state index >= 15 is 0 Å². The van der Waals surface area contributed by atoms with E-state index in [1.807, 2.05) is 81.7 Å². The summed E-state index contributed by atoms with van der Waals surface area (Å²) in [6.07, 6.45) is 6.87. The maximum atomic E-state index is 13.9. The lowest BCUT2D eigenvalue weighted by atomic mass is 10.00. The number of hydrogen-bond acceptors (Lipinski definition) is 6. The first kappa shape index (κ1) is 29.2. The van der Waals surface area contributed by atoms with Crippen molar-refractivity contribution in [2.45, 2.75) is 58.7 Å². The maximum Gasteiger partial charge on any atom is 0.246 e. The van der Waals surface area contributed by atoms with E-state index < -0.39 is 12.1 Å². The molecule has 210 valence electrons. The minimum atomic E-state index is -0.484. The Labute approximate surface area is 241 Å². The Bertz CT molecular complexity index is 1350. The Morgan fingerprint density at radius 2 is 1.90 bits per heavy atom. The molecule has 0 spiro atoms. The summed E-state index contributed by atoms with van der Waals surface area (Å²) in [5.41, 5.74) is 6.64. The molecule has 7 nitrogen and oxygen atoms in total. The van der Waals surface area contributed by atoms with Crippen molar-refractivity contribution in [3.8, 4) is 10.4 Å². The van der Waals surface area contributed by atoms with E-state index in [0.29, 0.717) is 13.0 Å². The number of likely N-dealkylation sites (N-methyl/N-ethyl adjacent to an activating group) is 1. The van der Waals surface area contributed by atoms with Crippen molar-refractivity contribution in [1.29, 1.82) is 0 Å². The van der Waals surface area contributed by atoms with Gasteiger partial charge in [-0.05, 0) is 55.9 Å². The summed E-state index contributed by atoms with van der Waals surface area (Å²) < 4.78 is 0. The van der Waals surface area contributed by atoms with Crippen LogP contribution in [0.25, 0.3) is 16.0 Å². The highest BCUT2D eigenvalue weighted by Crippen LogP contribution is 2.29. The summed E-state index contributed by atoms with van der Waals surface area (Å²) in [7, 11) is 1.90. The molecule has 40 heavy (non-hydrogen) atoms. The van der Waals surface area contributed by atoms with Crippen LogP contribution in [0.4, 0.5) is 0 Å². The normalized spacial score (nSPS) is 17.0. The lowest BCUT2D eigenvalue weighted by Gasteiger charge is -2.35. The first-order valence-corrected chi connectivity index (χ1v) is 14.7. The molecule has 3 heterocycles. The Morgan fingerprint density at radius 3 is 2.50 bits per heavy atom. The fraction of sp³-hybridized carbons (Fsp3) is 0.375. The zero-order valence-corrected chi connectivity index (χ0v) is 24.8. The topological polar surface area (TPSA) is 78.4 Å². The smallest absolute Gasteiger partial charge is 0.246 e. The van der Waals surface area contributed by atoms with Gasteiger partial charge in [-0.1, -0.05) is 56.8 Å². The van der Waals surface area contributed by atoms with Crippen LogP contribution in [0, 0.1) is 12.8 Å². The zero-order chi connectivity index (χ0) is 28.8. The summed E-state index contributed by atoms with van der Waals surface area (Å²) in [5, 5.41) is 3.16. The number of carbonyl (C=O) groups excluding carboxylic acids is 2. The summed E-state index contributed by atoms with van der Waals surface area (Å²) >= 11 is 1.62. The van der Waals surface area contributed by atoms with Crippen molar-refractivity contribution in [2.24, 2.45) is 5.92 Å². The van der Waals surface area contributed by atoms with Gasteiger partial charge in [0.15, 0.2) is 0 Å². The summed E-state index contributed by atoms with van der Waals surface area (Å²) in [4.78, 5) is 41.0. The molecule has 1 unspecified atom stereocenters. The first-order valence-electron chi connectivity index (χ1n) is 13.8. The molecule has 0 aliphatic carbocycles. The van der Waals surface area contributed by atoms with Crippen LogP contribution < -0.4 is 5.32 Å². The third kappa shape index (κ3) is 6.50. The van der Waals surface area contributed by atoms with E-state index in [2.05, 4.69) is 34.0 Å². The number of amides is 2. The van der Waals surface area contributed by atoms with Crippen molar-refractivity contribution in [3.63, 3.8) is 0 Å². The number of benzene rings is 1. The third-order valence-corrected chi connectivity index (χ3v) is 8.44. The Balaban J connectivity index is 1.46. The molecule has 0 saturated carbocycles. The molecule has 2 amide bonds. The fourth-order valence-electron chi connectivity index (χ4n) is 5.35. The minimum absolute atomic E-state index is 0.0345. The molecule has 1 aliphatic heterocycles. The van der Waals surface area contributed by atoms with Gasteiger partial charge in [-0.2, -0.15) is 0 Å². The number of hydrogen-bond donors (Lipinski definition) is 1. The molecule has 0 bridgehead atoms. The number of thiazole rings is 1. The molecule has 1 aromatic carbocycles. The lowest BCUT2D eigenvalue weighted by Crippen LogP contribution is -2.53. The number of rotatable bonds is 10. The van der Waals surface area contributed by atoms with Crippen molar-refractivity contribution in [2.75, 3.05) is 13.6 Å². The number of aromatic nitrogens is 2. The highest BCUT2D eigenvalue weighted by Gasteiger charge is 2.39. The molecule has 4 rings (SSSR count). The van der Waals surface area contributed by atoms with Crippen LogP contribution in [0.1, 0.15) is 56.6 Å². The minimum Gasteiger partial charge on any atom is -0.368 e. The van der Waals surface area contributed by atoms with Crippen LogP contribution in [-0.4, -0.2) is 57.3 Å². The Morgan fingerprint density at radius 1 is 1.15 bits per heavy atom. The van der Waals surface area contributed by atoms with Crippen molar-refractivity contribution < 1.29 is 9.59 Å². The Hall–Kier alpha value is -3.78. The van der Waals surface area contributed by atoms with Crippen molar-refractivity contribution in [3.05, 3.63) is 90.0 Å². The quantitative estimate of drug-likeness (QED) is 0.316. The molecular formula is C32H39N5O2S. The molecule has 1 N–H and O–H groups in total. The average molecular weight is 558 g/mol. The van der Waals surface area contributed by atoms with Crippen molar-refractivity contribution in [1.82, 2.24) is 25.1 Å². The van der Waals surface area contributed by atoms with E-state index in [0.717, 1.165) is 39.4 Å². The number of pyridine rings is 1. The second kappa shape index (κ2) is 13.0. The highest BCUT2D eigenvalue weighted by atomic mass is 32.1. The van der Waals surface area contributed by atoms with Gasteiger partial charge in [0, 0.05) is 31.6 Å². The van der Waals surface area contributed by atoms with E-state index in [4.69, 9.17) is 0 Å². The number of carbonyl (C=O) groups is 2. The number of allylic oxidation sites excluding steroid dienone is 2. The summed E-state index contributed by atoms with van der Waals surface area (Å²) in [5.74, 6) is -0.109. The molecule has 8 heteroatoms. The van der Waals surface area contributed by atoms with Crippen LogP contribution in [0.15, 0.2) is 73.0 Å². The van der Waals surface area contributed by atoms with Crippen LogP contribution in [0.5, 0.6) is 0 Å². The lowest BCUT2D eigenvalue weighted by molar-refractivity contribution is -0.143. The van der Waals surface area contributed by atoms with Gasteiger partial charge in [0.2, 0.25) is 11.8 Å². The van der Waals surface area contributed by atoms with Crippen molar-refractivity contribution >= 4 is 28.7 Å². The molecular weight excluding hydrogens is 518 g/mol. The van der Waals surface area contributed by atoms with E-state index in [9.17, 15) is 9.59 Å². The van der Waals surface area contributed by atoms with Gasteiger partial charge in [-0.3, -0.25) is 14.6 Å². The second-order valence-electron chi connectivity index (χ2n) is 10.7. The van der Waals surface area contributed by atoms with E-state index in [-0.39, 0.29) is 23.8 Å². The highest BCUT2D eigenvalue weighted by molar-refractivity contribution is 7.13. The predicted molar refractivity (Wildman–Crippen MR) is 162 cm³/mol. The Kier molecular flexibility index (Phi) is 9.53. The monoisotopic (exact) mass is 557 g/mol. The van der Waals surface area contributed by atoms with Crippen LogP contribution in [-0.2, 0) is 9.59 Å². The molecule has 3 aromatic rings. The second-order valence-corrected chi connectivity index (χ2v) is 11.5. The van der Waals surface area contributed by atoms with Gasteiger partial charge >= 0.3 is 0 Å². The molecule has 1 saturated heterocycles. The number of nitrogens with zero attached hydrogens (tertiary/aromatic N) is 4. The summed E-state index contributed by atoms with van der Waals surface area (Å²) in [6.45, 7) is 12.6. The molecule has 2 aromatic heterocycles. The number of aryl methyl sites for hydroxylation is 1. The van der Waals surface area contributed by atoms with Crippen LogP contribution in [0.3, 0.4) is 0 Å². The average Bonchev–Trinajstić information content (AvgIpc) is 3.61. The van der Waals surface area contributed by atoms with Gasteiger partial charge in [0.25, 0.3) is 0 Å². The van der Waals surface area contributed by atoms with E-state index in [1.54, 1.807) is 28.5 Å². The van der Waals surface area contributed by atoms with Crippen LogP contribution in [0.2, 0.25) is 0 Å². The number of likely N-dealkylation sites (tertiary alicyclic amines) is 1. The maximum absolute atomic E-state index is 13.9. The number of nitrogens with one attached hydrogen (secondary N) is 1. The molecule has 1 fully saturated rings. The van der Waals surface area contributed by atoms with Gasteiger partial charge in [0.05, 0.1) is 27.8 Å². The first-order chi connectivity index (χ1) is 19.2. The van der Waals surface area contributed by atoms with E-state index in [1.165, 1.54) is 0 Å². The molecule has 1 aliphatic rings. The largest absolute Gasteiger partial charge is 0.368 e. The molecule has 3 atom stereocenters. The molecule has 0 radical (unpaired) electrons. The predicted octanol–water partition coefficient (Wildman–Crippen LogP) is 5.87. The SMILES string of the molecule is C=C/C(=C\N(C)C(C(=O)N1CCC[C@H]1C(=O)N[C@@H](C)c1ccc(-c2scnc2C)cc1)C(C)C)c1ccccn1. The van der Waals surface area contributed by atoms with Gasteiger partial charge in [-0.25, -0.2) is 4.98 Å². The zero-order valence-electron chi connectivity index (χ0n) is 24.0.